The van der Waals surface area contributed by atoms with Crippen LogP contribution in [0.5, 0.6) is 0 Å². The molecule has 2 rings (SSSR count). The first-order valence-electron chi connectivity index (χ1n) is 5.37. The molecule has 18 heavy (non-hydrogen) atoms. The monoisotopic (exact) mass is 283 g/mol. The van der Waals surface area contributed by atoms with Gasteiger partial charge in [0.1, 0.15) is 5.76 Å². The Bertz CT molecular complexity index is 552. The number of carbonyl (C=O) groups is 1. The number of rotatable bonds is 3. The SMILES string of the molecule is C[C@H](NC(=O)c1ccc(Cl)c(Cl)c1)c1ccco1. The van der Waals surface area contributed by atoms with Gasteiger partial charge in [0, 0.05) is 5.56 Å². The van der Waals surface area contributed by atoms with Gasteiger partial charge in [0.2, 0.25) is 0 Å². The van der Waals surface area contributed by atoms with E-state index in [9.17, 15) is 4.79 Å². The Labute approximate surface area is 115 Å². The van der Waals surface area contributed by atoms with E-state index in [-0.39, 0.29) is 11.9 Å². The second-order valence-electron chi connectivity index (χ2n) is 3.84. The van der Waals surface area contributed by atoms with Gasteiger partial charge in [-0.15, -0.1) is 0 Å². The van der Waals surface area contributed by atoms with Gasteiger partial charge in [-0.2, -0.15) is 0 Å². The summed E-state index contributed by atoms with van der Waals surface area (Å²) in [5, 5.41) is 3.59. The third kappa shape index (κ3) is 2.86. The molecule has 0 bridgehead atoms. The van der Waals surface area contributed by atoms with Gasteiger partial charge in [-0.3, -0.25) is 4.79 Å². The molecule has 1 amide bonds. The zero-order chi connectivity index (χ0) is 13.1. The number of hydrogen-bond donors (Lipinski definition) is 1. The number of halogens is 2. The number of nitrogens with one attached hydrogen (secondary N) is 1. The normalized spacial score (nSPS) is 12.2. The Morgan fingerprint density at radius 2 is 2.06 bits per heavy atom. The first-order valence-corrected chi connectivity index (χ1v) is 6.13. The Balaban J connectivity index is 2.10. The Morgan fingerprint density at radius 1 is 1.28 bits per heavy atom. The van der Waals surface area contributed by atoms with Gasteiger partial charge in [0.25, 0.3) is 5.91 Å². The Hall–Kier alpha value is -1.45. The van der Waals surface area contributed by atoms with Crippen molar-refractivity contribution in [2.75, 3.05) is 0 Å². The number of hydrogen-bond acceptors (Lipinski definition) is 2. The van der Waals surface area contributed by atoms with Crippen LogP contribution in [-0.4, -0.2) is 5.91 Å². The molecular formula is C13H11Cl2NO2. The van der Waals surface area contributed by atoms with Crippen LogP contribution in [0.3, 0.4) is 0 Å². The minimum atomic E-state index is -0.225. The fourth-order valence-corrected chi connectivity index (χ4v) is 1.82. The third-order valence-corrected chi connectivity index (χ3v) is 3.24. The van der Waals surface area contributed by atoms with E-state index >= 15 is 0 Å². The van der Waals surface area contributed by atoms with Crippen LogP contribution in [0, 0.1) is 0 Å². The van der Waals surface area contributed by atoms with Gasteiger partial charge in [-0.1, -0.05) is 23.2 Å². The van der Waals surface area contributed by atoms with Crippen LogP contribution >= 0.6 is 23.2 Å². The summed E-state index contributed by atoms with van der Waals surface area (Å²) in [6.45, 7) is 1.84. The molecule has 0 aliphatic heterocycles. The van der Waals surface area contributed by atoms with Crippen molar-refractivity contribution in [3.05, 3.63) is 58.0 Å². The van der Waals surface area contributed by atoms with Crippen molar-refractivity contribution in [3.8, 4) is 0 Å². The highest BCUT2D eigenvalue weighted by atomic mass is 35.5. The van der Waals surface area contributed by atoms with E-state index in [0.717, 1.165) is 0 Å². The molecule has 2 aromatic rings. The van der Waals surface area contributed by atoms with Crippen LogP contribution in [0.15, 0.2) is 41.0 Å². The number of amides is 1. The molecule has 1 aromatic carbocycles. The van der Waals surface area contributed by atoms with Gasteiger partial charge in [0.15, 0.2) is 0 Å². The van der Waals surface area contributed by atoms with Crippen LogP contribution in [0.2, 0.25) is 10.0 Å². The van der Waals surface area contributed by atoms with E-state index in [1.54, 1.807) is 30.5 Å². The summed E-state index contributed by atoms with van der Waals surface area (Å²) >= 11 is 11.7. The highest BCUT2D eigenvalue weighted by Crippen LogP contribution is 2.23. The second kappa shape index (κ2) is 5.46. The zero-order valence-electron chi connectivity index (χ0n) is 9.61. The average Bonchev–Trinajstić information content (AvgIpc) is 2.86. The molecule has 0 unspecified atom stereocenters. The molecule has 3 nitrogen and oxygen atoms in total. The van der Waals surface area contributed by atoms with Crippen molar-refractivity contribution >= 4 is 29.1 Å². The van der Waals surface area contributed by atoms with Crippen molar-refractivity contribution < 1.29 is 9.21 Å². The predicted octanol–water partition coefficient (Wildman–Crippen LogP) is 4.08. The molecule has 0 saturated carbocycles. The molecule has 1 aromatic heterocycles. The van der Waals surface area contributed by atoms with E-state index in [0.29, 0.717) is 21.4 Å². The summed E-state index contributed by atoms with van der Waals surface area (Å²) in [6, 6.07) is 8.13. The van der Waals surface area contributed by atoms with E-state index in [2.05, 4.69) is 5.32 Å². The number of benzene rings is 1. The molecule has 1 atom stereocenters. The summed E-state index contributed by atoms with van der Waals surface area (Å²) < 4.78 is 5.21. The molecule has 0 fully saturated rings. The maximum atomic E-state index is 12.0. The summed E-state index contributed by atoms with van der Waals surface area (Å²) in [7, 11) is 0. The zero-order valence-corrected chi connectivity index (χ0v) is 11.1. The second-order valence-corrected chi connectivity index (χ2v) is 4.65. The fraction of sp³-hybridized carbons (Fsp3) is 0.154. The van der Waals surface area contributed by atoms with Gasteiger partial charge < -0.3 is 9.73 Å². The average molecular weight is 284 g/mol. The van der Waals surface area contributed by atoms with Gasteiger partial charge in [-0.25, -0.2) is 0 Å². The smallest absolute Gasteiger partial charge is 0.251 e. The molecule has 0 saturated heterocycles. The summed E-state index contributed by atoms with van der Waals surface area (Å²) in [4.78, 5) is 12.0. The molecule has 5 heteroatoms. The lowest BCUT2D eigenvalue weighted by atomic mass is 10.2. The minimum absolute atomic E-state index is 0.207. The van der Waals surface area contributed by atoms with Crippen molar-refractivity contribution in [2.24, 2.45) is 0 Å². The maximum Gasteiger partial charge on any atom is 0.251 e. The Morgan fingerprint density at radius 3 is 2.67 bits per heavy atom. The van der Waals surface area contributed by atoms with Crippen LogP contribution in [0.4, 0.5) is 0 Å². The first kappa shape index (κ1) is 13.0. The summed E-state index contributed by atoms with van der Waals surface area (Å²) in [5.74, 6) is 0.473. The topological polar surface area (TPSA) is 42.2 Å². The summed E-state index contributed by atoms with van der Waals surface area (Å²) in [5.41, 5.74) is 0.461. The van der Waals surface area contributed by atoms with Gasteiger partial charge in [-0.05, 0) is 37.3 Å². The van der Waals surface area contributed by atoms with Gasteiger partial charge in [0.05, 0.1) is 22.4 Å². The first-order chi connectivity index (χ1) is 8.58. The van der Waals surface area contributed by atoms with Crippen LogP contribution < -0.4 is 5.32 Å². The lowest BCUT2D eigenvalue weighted by Gasteiger charge is -2.11. The number of furan rings is 1. The summed E-state index contributed by atoms with van der Waals surface area (Å²) in [6.07, 6.45) is 1.57. The Kier molecular flexibility index (Phi) is 3.94. The lowest BCUT2D eigenvalue weighted by Crippen LogP contribution is -2.26. The van der Waals surface area contributed by atoms with Crippen molar-refractivity contribution in [1.82, 2.24) is 5.32 Å². The quantitative estimate of drug-likeness (QED) is 0.922. The van der Waals surface area contributed by atoms with Gasteiger partial charge >= 0.3 is 0 Å². The lowest BCUT2D eigenvalue weighted by molar-refractivity contribution is 0.0935. The largest absolute Gasteiger partial charge is 0.467 e. The van der Waals surface area contributed by atoms with E-state index < -0.39 is 0 Å². The highest BCUT2D eigenvalue weighted by Gasteiger charge is 2.14. The van der Waals surface area contributed by atoms with Crippen LogP contribution in [-0.2, 0) is 0 Å². The molecule has 1 heterocycles. The molecule has 94 valence electrons. The van der Waals surface area contributed by atoms with Crippen LogP contribution in [0.1, 0.15) is 29.1 Å². The van der Waals surface area contributed by atoms with Crippen molar-refractivity contribution in [1.29, 1.82) is 0 Å². The maximum absolute atomic E-state index is 12.0. The highest BCUT2D eigenvalue weighted by molar-refractivity contribution is 6.42. The molecular weight excluding hydrogens is 273 g/mol. The molecule has 0 aliphatic rings. The molecule has 0 radical (unpaired) electrons. The standard InChI is InChI=1S/C13H11Cl2NO2/c1-8(12-3-2-6-18-12)16-13(17)9-4-5-10(14)11(15)7-9/h2-8H,1H3,(H,16,17)/t8-/m0/s1. The van der Waals surface area contributed by atoms with Crippen molar-refractivity contribution in [3.63, 3.8) is 0 Å². The molecule has 1 N–H and O–H groups in total. The van der Waals surface area contributed by atoms with E-state index in [1.807, 2.05) is 6.92 Å². The van der Waals surface area contributed by atoms with E-state index in [4.69, 9.17) is 27.6 Å². The van der Waals surface area contributed by atoms with E-state index in [1.165, 1.54) is 6.07 Å². The number of carbonyl (C=O) groups excluding carboxylic acids is 1. The molecule has 0 aliphatic carbocycles. The molecule has 0 spiro atoms. The van der Waals surface area contributed by atoms with Crippen LogP contribution in [0.25, 0.3) is 0 Å². The minimum Gasteiger partial charge on any atom is -0.467 e. The van der Waals surface area contributed by atoms with Crippen molar-refractivity contribution in [2.45, 2.75) is 13.0 Å². The third-order valence-electron chi connectivity index (χ3n) is 2.50. The fourth-order valence-electron chi connectivity index (χ4n) is 1.53. The predicted molar refractivity (Wildman–Crippen MR) is 71.1 cm³/mol.